The zero-order chi connectivity index (χ0) is 19.4. The number of primary amides is 1. The molecule has 0 aliphatic carbocycles. The molecule has 1 saturated heterocycles. The summed E-state index contributed by atoms with van der Waals surface area (Å²) >= 11 is 6.02. The number of ether oxygens (including phenoxy) is 2. The fourth-order valence-electron chi connectivity index (χ4n) is 2.66. The molecule has 2 aromatic rings. The number of pyridine rings is 1. The number of rotatable bonds is 7. The predicted molar refractivity (Wildman–Crippen MR) is 98.2 cm³/mol. The summed E-state index contributed by atoms with van der Waals surface area (Å²) in [6.45, 7) is 0.297. The van der Waals surface area contributed by atoms with Gasteiger partial charge in [-0.05, 0) is 30.7 Å². The van der Waals surface area contributed by atoms with E-state index in [1.807, 2.05) is 0 Å². The number of carbonyl (C=O) groups is 1. The molecule has 2 heterocycles. The SMILES string of the molecule is NC(=O)COc1ccc(S(=O)(=O)N2CC[C@@H](Oc3ccncc3Cl)C2)cc1. The average molecular weight is 412 g/mol. The van der Waals surface area contributed by atoms with Gasteiger partial charge in [-0.3, -0.25) is 9.78 Å². The Morgan fingerprint density at radius 1 is 1.30 bits per heavy atom. The second kappa shape index (κ2) is 8.12. The van der Waals surface area contributed by atoms with Gasteiger partial charge in [0.15, 0.2) is 6.61 Å². The zero-order valence-electron chi connectivity index (χ0n) is 14.2. The molecule has 1 aliphatic rings. The van der Waals surface area contributed by atoms with Crippen molar-refractivity contribution < 1.29 is 22.7 Å². The van der Waals surface area contributed by atoms with Gasteiger partial charge < -0.3 is 15.2 Å². The van der Waals surface area contributed by atoms with Crippen LogP contribution in [0.2, 0.25) is 5.02 Å². The van der Waals surface area contributed by atoms with Crippen molar-refractivity contribution in [3.63, 3.8) is 0 Å². The van der Waals surface area contributed by atoms with Crippen molar-refractivity contribution in [3.05, 3.63) is 47.7 Å². The lowest BCUT2D eigenvalue weighted by Gasteiger charge is -2.18. The number of sulfonamides is 1. The second-order valence-corrected chi connectivity index (χ2v) is 8.27. The Kier molecular flexibility index (Phi) is 5.83. The largest absolute Gasteiger partial charge is 0.487 e. The van der Waals surface area contributed by atoms with Gasteiger partial charge in [0.1, 0.15) is 22.6 Å². The fourth-order valence-corrected chi connectivity index (χ4v) is 4.31. The second-order valence-electron chi connectivity index (χ2n) is 5.92. The van der Waals surface area contributed by atoms with Gasteiger partial charge in [0, 0.05) is 25.0 Å². The molecule has 0 radical (unpaired) electrons. The lowest BCUT2D eigenvalue weighted by Crippen LogP contribution is -2.31. The van der Waals surface area contributed by atoms with Crippen molar-refractivity contribution >= 4 is 27.5 Å². The van der Waals surface area contributed by atoms with Crippen molar-refractivity contribution in [1.82, 2.24) is 9.29 Å². The van der Waals surface area contributed by atoms with E-state index in [0.29, 0.717) is 29.5 Å². The minimum Gasteiger partial charge on any atom is -0.487 e. The normalized spacial score (nSPS) is 17.6. The van der Waals surface area contributed by atoms with Crippen LogP contribution in [-0.2, 0) is 14.8 Å². The summed E-state index contributed by atoms with van der Waals surface area (Å²) in [7, 11) is -3.66. The van der Waals surface area contributed by atoms with Gasteiger partial charge in [0.05, 0.1) is 11.4 Å². The molecule has 1 aromatic carbocycles. The van der Waals surface area contributed by atoms with Crippen LogP contribution in [0.1, 0.15) is 6.42 Å². The maximum absolute atomic E-state index is 12.8. The summed E-state index contributed by atoms with van der Waals surface area (Å²) < 4.78 is 37.9. The first-order valence-electron chi connectivity index (χ1n) is 8.14. The molecule has 1 fully saturated rings. The molecule has 2 N–H and O–H groups in total. The summed E-state index contributed by atoms with van der Waals surface area (Å²) in [6.07, 6.45) is 3.30. The number of amides is 1. The van der Waals surface area contributed by atoms with Crippen LogP contribution in [0.3, 0.4) is 0 Å². The van der Waals surface area contributed by atoms with Crippen LogP contribution < -0.4 is 15.2 Å². The number of nitrogens with two attached hydrogens (primary N) is 1. The van der Waals surface area contributed by atoms with E-state index in [2.05, 4.69) is 4.98 Å². The first kappa shape index (κ1) is 19.4. The molecule has 0 saturated carbocycles. The molecule has 10 heteroatoms. The molecule has 1 aliphatic heterocycles. The lowest BCUT2D eigenvalue weighted by atomic mass is 10.3. The molecule has 0 bridgehead atoms. The van der Waals surface area contributed by atoms with E-state index in [9.17, 15) is 13.2 Å². The minimum atomic E-state index is -3.66. The number of hydrogen-bond acceptors (Lipinski definition) is 6. The molecular weight excluding hydrogens is 394 g/mol. The number of benzene rings is 1. The number of aromatic nitrogens is 1. The van der Waals surface area contributed by atoms with Gasteiger partial charge in [-0.2, -0.15) is 4.31 Å². The third-order valence-corrected chi connectivity index (χ3v) is 6.14. The van der Waals surface area contributed by atoms with Gasteiger partial charge in [0.2, 0.25) is 10.0 Å². The van der Waals surface area contributed by atoms with Crippen LogP contribution in [0.5, 0.6) is 11.5 Å². The first-order valence-corrected chi connectivity index (χ1v) is 9.95. The number of nitrogens with zero attached hydrogens (tertiary/aromatic N) is 2. The monoisotopic (exact) mass is 411 g/mol. The highest BCUT2D eigenvalue weighted by molar-refractivity contribution is 7.89. The number of halogens is 1. The van der Waals surface area contributed by atoms with E-state index >= 15 is 0 Å². The Bertz CT molecular complexity index is 920. The van der Waals surface area contributed by atoms with Crippen LogP contribution in [0.15, 0.2) is 47.6 Å². The van der Waals surface area contributed by atoms with Gasteiger partial charge in [-0.25, -0.2) is 8.42 Å². The smallest absolute Gasteiger partial charge is 0.255 e. The third-order valence-electron chi connectivity index (χ3n) is 3.98. The molecule has 144 valence electrons. The third kappa shape index (κ3) is 4.68. The van der Waals surface area contributed by atoms with Crippen molar-refractivity contribution in [1.29, 1.82) is 0 Å². The summed E-state index contributed by atoms with van der Waals surface area (Å²) in [5, 5.41) is 0.380. The molecule has 8 nitrogen and oxygen atoms in total. The highest BCUT2D eigenvalue weighted by Gasteiger charge is 2.33. The van der Waals surface area contributed by atoms with Crippen LogP contribution in [0.4, 0.5) is 0 Å². The Morgan fingerprint density at radius 2 is 2.04 bits per heavy atom. The Labute approximate surface area is 161 Å². The van der Waals surface area contributed by atoms with Gasteiger partial charge in [-0.1, -0.05) is 11.6 Å². The van der Waals surface area contributed by atoms with Gasteiger partial charge >= 0.3 is 0 Å². The van der Waals surface area contributed by atoms with E-state index in [0.717, 1.165) is 0 Å². The first-order chi connectivity index (χ1) is 12.9. The molecule has 3 rings (SSSR count). The van der Waals surface area contributed by atoms with Gasteiger partial charge in [0.25, 0.3) is 5.91 Å². The summed E-state index contributed by atoms with van der Waals surface area (Å²) in [5.41, 5.74) is 5.01. The highest BCUT2D eigenvalue weighted by atomic mass is 35.5. The Hall–Kier alpha value is -2.36. The number of carbonyl (C=O) groups excluding carboxylic acids is 1. The Balaban J connectivity index is 1.65. The maximum Gasteiger partial charge on any atom is 0.255 e. The van der Waals surface area contributed by atoms with E-state index in [1.54, 1.807) is 12.3 Å². The highest BCUT2D eigenvalue weighted by Crippen LogP contribution is 2.28. The van der Waals surface area contributed by atoms with E-state index in [4.69, 9.17) is 26.8 Å². The average Bonchev–Trinajstić information content (AvgIpc) is 3.12. The minimum absolute atomic E-state index is 0.136. The summed E-state index contributed by atoms with van der Waals surface area (Å²) in [6, 6.07) is 7.47. The standard InChI is InChI=1S/C17H18ClN3O5S/c18-15-9-20-7-5-16(15)26-13-6-8-21(10-13)27(23,24)14-3-1-12(2-4-14)25-11-17(19)22/h1-5,7,9,13H,6,8,10-11H2,(H2,19,22)/t13-/m1/s1. The van der Waals surface area contributed by atoms with E-state index in [-0.39, 0.29) is 24.2 Å². The summed E-state index contributed by atoms with van der Waals surface area (Å²) in [5.74, 6) is 0.235. The molecule has 1 amide bonds. The summed E-state index contributed by atoms with van der Waals surface area (Å²) in [4.78, 5) is 14.8. The lowest BCUT2D eigenvalue weighted by molar-refractivity contribution is -0.119. The molecule has 0 unspecified atom stereocenters. The number of hydrogen-bond donors (Lipinski definition) is 1. The Morgan fingerprint density at radius 3 is 2.70 bits per heavy atom. The van der Waals surface area contributed by atoms with Crippen LogP contribution >= 0.6 is 11.6 Å². The van der Waals surface area contributed by atoms with Crippen LogP contribution in [-0.4, -0.2) is 49.4 Å². The maximum atomic E-state index is 12.8. The van der Waals surface area contributed by atoms with Crippen molar-refractivity contribution in [2.45, 2.75) is 17.4 Å². The quantitative estimate of drug-likeness (QED) is 0.737. The topological polar surface area (TPSA) is 112 Å². The predicted octanol–water partition coefficient (Wildman–Crippen LogP) is 1.44. The van der Waals surface area contributed by atoms with E-state index in [1.165, 1.54) is 34.8 Å². The van der Waals surface area contributed by atoms with Crippen LogP contribution in [0.25, 0.3) is 0 Å². The van der Waals surface area contributed by atoms with Crippen molar-refractivity contribution in [2.75, 3.05) is 19.7 Å². The fraction of sp³-hybridized carbons (Fsp3) is 0.294. The van der Waals surface area contributed by atoms with Gasteiger partial charge in [-0.15, -0.1) is 0 Å². The van der Waals surface area contributed by atoms with Crippen LogP contribution in [0, 0.1) is 0 Å². The molecule has 1 aromatic heterocycles. The van der Waals surface area contributed by atoms with E-state index < -0.39 is 15.9 Å². The molecule has 27 heavy (non-hydrogen) atoms. The van der Waals surface area contributed by atoms with Crippen molar-refractivity contribution in [2.24, 2.45) is 5.73 Å². The molecule has 1 atom stereocenters. The molecule has 0 spiro atoms. The zero-order valence-corrected chi connectivity index (χ0v) is 15.8. The van der Waals surface area contributed by atoms with Crippen molar-refractivity contribution in [3.8, 4) is 11.5 Å². The molecular formula is C17H18ClN3O5S.